The molecule has 1 saturated carbocycles. The molecule has 1 aromatic heterocycles. The van der Waals surface area contributed by atoms with Gasteiger partial charge in [-0.2, -0.15) is 5.10 Å². The summed E-state index contributed by atoms with van der Waals surface area (Å²) >= 11 is 0. The lowest BCUT2D eigenvalue weighted by Crippen LogP contribution is -2.27. The van der Waals surface area contributed by atoms with E-state index in [0.717, 1.165) is 24.0 Å². The molecule has 1 amide bonds. The molecule has 3 rings (SSSR count). The Morgan fingerprint density at radius 2 is 2.24 bits per heavy atom. The van der Waals surface area contributed by atoms with Gasteiger partial charge in [-0.15, -0.1) is 0 Å². The summed E-state index contributed by atoms with van der Waals surface area (Å²) in [6.07, 6.45) is 5.39. The van der Waals surface area contributed by atoms with Gasteiger partial charge in [0.25, 0.3) is 0 Å². The topological polar surface area (TPSA) is 46.9 Å². The first kappa shape index (κ1) is 13.8. The van der Waals surface area contributed by atoms with Gasteiger partial charge in [0.05, 0.1) is 12.2 Å². The number of nitrogens with zero attached hydrogens (tertiary/aromatic N) is 2. The van der Waals surface area contributed by atoms with Crippen LogP contribution < -0.4 is 5.32 Å². The monoisotopic (exact) mass is 287 g/mol. The van der Waals surface area contributed by atoms with E-state index in [1.54, 1.807) is 18.5 Å². The zero-order chi connectivity index (χ0) is 15.0. The number of hydrogen-bond donors (Lipinski definition) is 1. The van der Waals surface area contributed by atoms with Crippen LogP contribution in [-0.4, -0.2) is 15.7 Å². The average Bonchev–Trinajstić information content (AvgIpc) is 3.21. The van der Waals surface area contributed by atoms with Crippen molar-refractivity contribution in [3.8, 4) is 5.69 Å². The fourth-order valence-corrected chi connectivity index (χ4v) is 2.28. The maximum atomic E-state index is 14.2. The molecule has 1 fully saturated rings. The van der Waals surface area contributed by atoms with Gasteiger partial charge in [0.1, 0.15) is 11.5 Å². The van der Waals surface area contributed by atoms with E-state index in [1.165, 1.54) is 10.7 Å². The summed E-state index contributed by atoms with van der Waals surface area (Å²) in [5.41, 5.74) is 2.14. The summed E-state index contributed by atoms with van der Waals surface area (Å²) in [5.74, 6) is -0.124. The average molecular weight is 287 g/mol. The summed E-state index contributed by atoms with van der Waals surface area (Å²) < 4.78 is 15.8. The number of amides is 1. The number of aromatic nitrogens is 2. The quantitative estimate of drug-likeness (QED) is 0.940. The highest BCUT2D eigenvalue weighted by molar-refractivity contribution is 5.81. The Kier molecular flexibility index (Phi) is 3.49. The fourth-order valence-electron chi connectivity index (χ4n) is 2.28. The van der Waals surface area contributed by atoms with Crippen LogP contribution >= 0.6 is 0 Å². The fraction of sp³-hybridized carbons (Fsp3) is 0.375. The van der Waals surface area contributed by atoms with Gasteiger partial charge in [-0.25, -0.2) is 9.07 Å². The van der Waals surface area contributed by atoms with Crippen LogP contribution in [0, 0.1) is 18.7 Å². The Labute approximate surface area is 123 Å². The molecule has 1 heterocycles. The Hall–Kier alpha value is -2.17. The lowest BCUT2D eigenvalue weighted by Gasteiger charge is -2.15. The summed E-state index contributed by atoms with van der Waals surface area (Å²) in [5, 5.41) is 7.03. The molecule has 21 heavy (non-hydrogen) atoms. The molecule has 1 atom stereocenters. The minimum absolute atomic E-state index is 0.0645. The number of nitrogens with one attached hydrogen (secondary N) is 1. The van der Waals surface area contributed by atoms with Crippen LogP contribution in [0.25, 0.3) is 5.69 Å². The maximum Gasteiger partial charge on any atom is 0.223 e. The Balaban J connectivity index is 1.78. The molecule has 2 aromatic rings. The van der Waals surface area contributed by atoms with E-state index in [-0.39, 0.29) is 23.7 Å². The first-order valence-electron chi connectivity index (χ1n) is 7.16. The van der Waals surface area contributed by atoms with Crippen LogP contribution in [-0.2, 0) is 4.79 Å². The van der Waals surface area contributed by atoms with Gasteiger partial charge in [0, 0.05) is 12.1 Å². The van der Waals surface area contributed by atoms with Crippen LogP contribution in [0.15, 0.2) is 30.6 Å². The van der Waals surface area contributed by atoms with Crippen molar-refractivity contribution >= 4 is 5.91 Å². The van der Waals surface area contributed by atoms with Crippen molar-refractivity contribution in [3.63, 3.8) is 0 Å². The van der Waals surface area contributed by atoms with Gasteiger partial charge in [0.2, 0.25) is 5.91 Å². The Morgan fingerprint density at radius 3 is 2.81 bits per heavy atom. The van der Waals surface area contributed by atoms with Crippen molar-refractivity contribution in [2.75, 3.05) is 0 Å². The third-order valence-electron chi connectivity index (χ3n) is 3.74. The number of rotatable bonds is 4. The highest BCUT2D eigenvalue weighted by Crippen LogP contribution is 2.30. The summed E-state index contributed by atoms with van der Waals surface area (Å²) in [4.78, 5) is 11.7. The molecule has 1 N–H and O–H groups in total. The van der Waals surface area contributed by atoms with Crippen molar-refractivity contribution in [2.24, 2.45) is 5.92 Å². The van der Waals surface area contributed by atoms with Crippen molar-refractivity contribution in [2.45, 2.75) is 32.7 Å². The third kappa shape index (κ3) is 2.96. The lowest BCUT2D eigenvalue weighted by molar-refractivity contribution is -0.122. The molecule has 0 bridgehead atoms. The van der Waals surface area contributed by atoms with E-state index in [1.807, 2.05) is 19.9 Å². The summed E-state index contributed by atoms with van der Waals surface area (Å²) in [7, 11) is 0. The summed E-state index contributed by atoms with van der Waals surface area (Å²) in [6, 6.07) is 4.79. The maximum absolute atomic E-state index is 14.2. The van der Waals surface area contributed by atoms with Crippen LogP contribution in [0.4, 0.5) is 4.39 Å². The van der Waals surface area contributed by atoms with Gasteiger partial charge in [-0.05, 0) is 49.9 Å². The smallest absolute Gasteiger partial charge is 0.223 e. The Bertz CT molecular complexity index is 676. The third-order valence-corrected chi connectivity index (χ3v) is 3.74. The SMILES string of the molecule is Cc1cnn(-c2ccc([C@@H](C)NC(=O)C3CC3)cc2F)c1. The number of hydrogen-bond acceptors (Lipinski definition) is 2. The molecule has 0 spiro atoms. The zero-order valence-corrected chi connectivity index (χ0v) is 12.1. The number of halogens is 1. The molecule has 1 aliphatic rings. The number of benzene rings is 1. The largest absolute Gasteiger partial charge is 0.349 e. The van der Waals surface area contributed by atoms with E-state index >= 15 is 0 Å². The first-order valence-corrected chi connectivity index (χ1v) is 7.16. The van der Waals surface area contributed by atoms with Gasteiger partial charge in [-0.1, -0.05) is 6.07 Å². The molecule has 110 valence electrons. The highest BCUT2D eigenvalue weighted by atomic mass is 19.1. The van der Waals surface area contributed by atoms with Crippen LogP contribution in [0.5, 0.6) is 0 Å². The van der Waals surface area contributed by atoms with Crippen molar-refractivity contribution in [1.29, 1.82) is 0 Å². The number of aryl methyl sites for hydroxylation is 1. The standard InChI is InChI=1S/C16H18FN3O/c1-10-8-18-20(9-10)15-6-5-13(7-14(15)17)11(2)19-16(21)12-3-4-12/h5-9,11-12H,3-4H2,1-2H3,(H,19,21)/t11-/m1/s1. The van der Waals surface area contributed by atoms with Crippen molar-refractivity contribution in [1.82, 2.24) is 15.1 Å². The van der Waals surface area contributed by atoms with Gasteiger partial charge >= 0.3 is 0 Å². The van der Waals surface area contributed by atoms with Crippen LogP contribution in [0.3, 0.4) is 0 Å². The van der Waals surface area contributed by atoms with E-state index in [2.05, 4.69) is 10.4 Å². The molecular formula is C16H18FN3O. The molecule has 0 aliphatic heterocycles. The van der Waals surface area contributed by atoms with Gasteiger partial charge in [-0.3, -0.25) is 4.79 Å². The molecular weight excluding hydrogens is 269 g/mol. The summed E-state index contributed by atoms with van der Waals surface area (Å²) in [6.45, 7) is 3.78. The second-order valence-electron chi connectivity index (χ2n) is 5.68. The van der Waals surface area contributed by atoms with Gasteiger partial charge < -0.3 is 5.32 Å². The number of carbonyl (C=O) groups is 1. The second kappa shape index (κ2) is 5.31. The minimum atomic E-state index is -0.344. The zero-order valence-electron chi connectivity index (χ0n) is 12.1. The minimum Gasteiger partial charge on any atom is -0.349 e. The van der Waals surface area contributed by atoms with E-state index in [4.69, 9.17) is 0 Å². The lowest BCUT2D eigenvalue weighted by atomic mass is 10.1. The molecule has 0 unspecified atom stereocenters. The predicted molar refractivity (Wildman–Crippen MR) is 77.5 cm³/mol. The molecule has 0 radical (unpaired) electrons. The second-order valence-corrected chi connectivity index (χ2v) is 5.68. The molecule has 5 heteroatoms. The number of carbonyl (C=O) groups excluding carboxylic acids is 1. The predicted octanol–water partition coefficient (Wildman–Crippen LogP) is 2.91. The molecule has 1 aliphatic carbocycles. The molecule has 0 saturated heterocycles. The first-order chi connectivity index (χ1) is 10.0. The van der Waals surface area contributed by atoms with Crippen molar-refractivity contribution < 1.29 is 9.18 Å². The molecule has 4 nitrogen and oxygen atoms in total. The highest BCUT2D eigenvalue weighted by Gasteiger charge is 2.30. The molecule has 1 aromatic carbocycles. The van der Waals surface area contributed by atoms with Crippen LogP contribution in [0.1, 0.15) is 36.9 Å². The van der Waals surface area contributed by atoms with E-state index in [0.29, 0.717) is 5.69 Å². The Morgan fingerprint density at radius 1 is 1.48 bits per heavy atom. The van der Waals surface area contributed by atoms with Gasteiger partial charge in [0.15, 0.2) is 0 Å². The van der Waals surface area contributed by atoms with Crippen molar-refractivity contribution in [3.05, 3.63) is 47.5 Å². The van der Waals surface area contributed by atoms with E-state index < -0.39 is 0 Å². The van der Waals surface area contributed by atoms with Crippen LogP contribution in [0.2, 0.25) is 0 Å². The van der Waals surface area contributed by atoms with E-state index in [9.17, 15) is 9.18 Å². The normalized spacial score (nSPS) is 15.8.